The zero-order valence-electron chi connectivity index (χ0n) is 14.5. The molecule has 3 rings (SSSR count). The van der Waals surface area contributed by atoms with Crippen molar-refractivity contribution in [1.82, 2.24) is 15.1 Å². The van der Waals surface area contributed by atoms with Gasteiger partial charge in [-0.25, -0.2) is 0 Å². The summed E-state index contributed by atoms with van der Waals surface area (Å²) in [6.07, 6.45) is 0. The van der Waals surface area contributed by atoms with E-state index in [0.29, 0.717) is 5.92 Å². The molecule has 1 aromatic carbocycles. The Hall–Kier alpha value is -2.14. The molecule has 24 heavy (non-hydrogen) atoms. The van der Waals surface area contributed by atoms with Crippen LogP contribution in [0.25, 0.3) is 10.2 Å². The van der Waals surface area contributed by atoms with Gasteiger partial charge >= 0.3 is 0 Å². The van der Waals surface area contributed by atoms with E-state index >= 15 is 0 Å². The van der Waals surface area contributed by atoms with Gasteiger partial charge in [-0.3, -0.25) is 9.48 Å². The van der Waals surface area contributed by atoms with Gasteiger partial charge < -0.3 is 5.32 Å². The molecule has 4 nitrogen and oxygen atoms in total. The van der Waals surface area contributed by atoms with Crippen molar-refractivity contribution >= 4 is 27.5 Å². The molecule has 1 N–H and O–H groups in total. The number of aromatic nitrogens is 2. The first kappa shape index (κ1) is 16.7. The van der Waals surface area contributed by atoms with Crippen molar-refractivity contribution < 1.29 is 4.79 Å². The van der Waals surface area contributed by atoms with E-state index in [1.54, 1.807) is 0 Å². The topological polar surface area (TPSA) is 46.9 Å². The summed E-state index contributed by atoms with van der Waals surface area (Å²) in [6.45, 7) is 8.97. The van der Waals surface area contributed by atoms with E-state index in [4.69, 9.17) is 0 Å². The molecule has 0 radical (unpaired) electrons. The number of benzene rings is 1. The molecule has 0 aliphatic heterocycles. The number of carbonyl (C=O) groups excluding carboxylic acids is 1. The Labute approximate surface area is 146 Å². The predicted molar refractivity (Wildman–Crippen MR) is 99.7 cm³/mol. The van der Waals surface area contributed by atoms with Crippen LogP contribution >= 0.6 is 11.3 Å². The van der Waals surface area contributed by atoms with Gasteiger partial charge in [0, 0.05) is 11.4 Å². The molecule has 0 aliphatic carbocycles. The van der Waals surface area contributed by atoms with Crippen LogP contribution in [0.4, 0.5) is 0 Å². The van der Waals surface area contributed by atoms with E-state index < -0.39 is 0 Å². The quantitative estimate of drug-likeness (QED) is 0.755. The number of thiophene rings is 1. The van der Waals surface area contributed by atoms with E-state index in [0.717, 1.165) is 27.3 Å². The molecule has 0 bridgehead atoms. The van der Waals surface area contributed by atoms with Gasteiger partial charge in [0.2, 0.25) is 0 Å². The molecular weight excluding hydrogens is 318 g/mol. The Morgan fingerprint density at radius 1 is 1.25 bits per heavy atom. The molecule has 5 heteroatoms. The monoisotopic (exact) mass is 341 g/mol. The van der Waals surface area contributed by atoms with Crippen LogP contribution in [0.2, 0.25) is 0 Å². The fourth-order valence-electron chi connectivity index (χ4n) is 2.53. The first-order valence-corrected chi connectivity index (χ1v) is 9.09. The Morgan fingerprint density at radius 3 is 2.62 bits per heavy atom. The van der Waals surface area contributed by atoms with Crippen LogP contribution < -0.4 is 5.32 Å². The lowest BCUT2D eigenvalue weighted by atomic mass is 10.1. The Kier molecular flexibility index (Phi) is 4.71. The van der Waals surface area contributed by atoms with E-state index in [-0.39, 0.29) is 11.9 Å². The number of nitrogens with one attached hydrogen (secondary N) is 1. The molecule has 2 aromatic heterocycles. The average Bonchev–Trinajstić information content (AvgIpc) is 3.10. The molecule has 0 unspecified atom stereocenters. The maximum Gasteiger partial charge on any atom is 0.261 e. The van der Waals surface area contributed by atoms with Crippen molar-refractivity contribution in [2.75, 3.05) is 0 Å². The van der Waals surface area contributed by atoms with Gasteiger partial charge in [-0.05, 0) is 31.4 Å². The Balaban J connectivity index is 1.88. The fraction of sp³-hybridized carbons (Fsp3) is 0.368. The number of aryl methyl sites for hydroxylation is 1. The van der Waals surface area contributed by atoms with Crippen molar-refractivity contribution in [1.29, 1.82) is 0 Å². The second-order valence-corrected chi connectivity index (χ2v) is 7.59. The van der Waals surface area contributed by atoms with E-state index in [2.05, 4.69) is 36.4 Å². The minimum atomic E-state index is 0.00283. The van der Waals surface area contributed by atoms with Gasteiger partial charge in [0.1, 0.15) is 4.83 Å². The second-order valence-electron chi connectivity index (χ2n) is 6.56. The normalized spacial score (nSPS) is 12.7. The fourth-order valence-corrected chi connectivity index (χ4v) is 3.60. The molecule has 1 atom stereocenters. The number of carbonyl (C=O) groups is 1. The maximum absolute atomic E-state index is 12.5. The summed E-state index contributed by atoms with van der Waals surface area (Å²) in [7, 11) is 0. The standard InChI is InChI=1S/C19H23N3OS/c1-12(2)13(3)20-18(23)17-10-16-14(4)21-22(19(16)24-17)11-15-8-6-5-7-9-15/h5-10,12-13H,11H2,1-4H3,(H,20,23)/t13-/m0/s1. The average molecular weight is 341 g/mol. The number of hydrogen-bond acceptors (Lipinski definition) is 3. The van der Waals surface area contributed by atoms with Crippen molar-refractivity contribution in [3.8, 4) is 0 Å². The number of hydrogen-bond donors (Lipinski definition) is 1. The largest absolute Gasteiger partial charge is 0.349 e. The summed E-state index contributed by atoms with van der Waals surface area (Å²) in [4.78, 5) is 14.3. The molecule has 2 heterocycles. The summed E-state index contributed by atoms with van der Waals surface area (Å²) in [5.41, 5.74) is 2.17. The van der Waals surface area contributed by atoms with Crippen LogP contribution in [-0.2, 0) is 6.54 Å². The van der Waals surface area contributed by atoms with Crippen LogP contribution in [0.5, 0.6) is 0 Å². The highest BCUT2D eigenvalue weighted by atomic mass is 32.1. The van der Waals surface area contributed by atoms with Crippen molar-refractivity contribution in [2.45, 2.75) is 40.3 Å². The van der Waals surface area contributed by atoms with Crippen LogP contribution in [0.15, 0.2) is 36.4 Å². The van der Waals surface area contributed by atoms with Crippen LogP contribution in [0.1, 0.15) is 41.7 Å². The predicted octanol–water partition coefficient (Wildman–Crippen LogP) is 4.23. The van der Waals surface area contributed by atoms with E-state index in [1.807, 2.05) is 42.8 Å². The van der Waals surface area contributed by atoms with Gasteiger partial charge in [-0.15, -0.1) is 11.3 Å². The first-order chi connectivity index (χ1) is 11.5. The molecule has 0 aliphatic rings. The smallest absolute Gasteiger partial charge is 0.261 e. The molecule has 0 saturated heterocycles. The maximum atomic E-state index is 12.5. The molecule has 1 amide bonds. The minimum absolute atomic E-state index is 0.00283. The lowest BCUT2D eigenvalue weighted by molar-refractivity contribution is 0.0934. The number of fused-ring (bicyclic) bond motifs is 1. The first-order valence-electron chi connectivity index (χ1n) is 8.27. The van der Waals surface area contributed by atoms with Crippen LogP contribution in [0.3, 0.4) is 0 Å². The van der Waals surface area contributed by atoms with Gasteiger partial charge in [0.15, 0.2) is 0 Å². The summed E-state index contributed by atoms with van der Waals surface area (Å²) in [6, 6.07) is 12.4. The van der Waals surface area contributed by atoms with E-state index in [1.165, 1.54) is 16.9 Å². The Morgan fingerprint density at radius 2 is 1.96 bits per heavy atom. The third kappa shape index (κ3) is 3.36. The highest BCUT2D eigenvalue weighted by Gasteiger charge is 2.18. The highest BCUT2D eigenvalue weighted by Crippen LogP contribution is 2.29. The third-order valence-electron chi connectivity index (χ3n) is 4.37. The van der Waals surface area contributed by atoms with Crippen molar-refractivity contribution in [3.05, 3.63) is 52.5 Å². The third-order valence-corrected chi connectivity index (χ3v) is 5.51. The lowest BCUT2D eigenvalue weighted by Gasteiger charge is -2.16. The second kappa shape index (κ2) is 6.77. The molecule has 0 saturated carbocycles. The molecule has 126 valence electrons. The Bertz CT molecular complexity index is 848. The lowest BCUT2D eigenvalue weighted by Crippen LogP contribution is -2.35. The van der Waals surface area contributed by atoms with Crippen molar-refractivity contribution in [3.63, 3.8) is 0 Å². The van der Waals surface area contributed by atoms with Gasteiger partial charge in [-0.2, -0.15) is 5.10 Å². The summed E-state index contributed by atoms with van der Waals surface area (Å²) in [5, 5.41) is 8.77. The zero-order chi connectivity index (χ0) is 17.3. The van der Waals surface area contributed by atoms with Gasteiger partial charge in [0.25, 0.3) is 5.91 Å². The molecular formula is C19H23N3OS. The summed E-state index contributed by atoms with van der Waals surface area (Å²) < 4.78 is 1.99. The summed E-state index contributed by atoms with van der Waals surface area (Å²) >= 11 is 1.51. The number of nitrogens with zero attached hydrogens (tertiary/aromatic N) is 2. The van der Waals surface area contributed by atoms with Crippen molar-refractivity contribution in [2.24, 2.45) is 5.92 Å². The molecule has 0 fully saturated rings. The highest BCUT2D eigenvalue weighted by molar-refractivity contribution is 7.20. The summed E-state index contributed by atoms with van der Waals surface area (Å²) in [5.74, 6) is 0.418. The van der Waals surface area contributed by atoms with E-state index in [9.17, 15) is 4.79 Å². The van der Waals surface area contributed by atoms with Crippen LogP contribution in [0, 0.1) is 12.8 Å². The van der Waals surface area contributed by atoms with Gasteiger partial charge in [0.05, 0.1) is 17.1 Å². The van der Waals surface area contributed by atoms with Gasteiger partial charge in [-0.1, -0.05) is 44.2 Å². The zero-order valence-corrected chi connectivity index (χ0v) is 15.4. The molecule has 3 aromatic rings. The number of rotatable bonds is 5. The minimum Gasteiger partial charge on any atom is -0.349 e. The molecule has 0 spiro atoms. The SMILES string of the molecule is Cc1nn(Cc2ccccc2)c2sc(C(=O)N[C@@H](C)C(C)C)cc12. The van der Waals surface area contributed by atoms with Crippen LogP contribution in [-0.4, -0.2) is 21.7 Å². The number of amides is 1.